The van der Waals surface area contributed by atoms with Gasteiger partial charge in [-0.1, -0.05) is 42.1 Å². The Morgan fingerprint density at radius 2 is 2.10 bits per heavy atom. The van der Waals surface area contributed by atoms with Crippen LogP contribution in [0.5, 0.6) is 0 Å². The molecule has 1 saturated heterocycles. The predicted octanol–water partition coefficient (Wildman–Crippen LogP) is 2.33. The van der Waals surface area contributed by atoms with Gasteiger partial charge in [-0.15, -0.1) is 0 Å². The van der Waals surface area contributed by atoms with Gasteiger partial charge in [0, 0.05) is 12.3 Å². The third-order valence-corrected chi connectivity index (χ3v) is 4.91. The quantitative estimate of drug-likeness (QED) is 0.794. The van der Waals surface area contributed by atoms with E-state index in [1.165, 1.54) is 0 Å². The van der Waals surface area contributed by atoms with Gasteiger partial charge in [0.1, 0.15) is 0 Å². The summed E-state index contributed by atoms with van der Waals surface area (Å²) in [6.45, 7) is 0.577. The average Bonchev–Trinajstić information content (AvgIpc) is 2.48. The standard InChI is InChI=1S/C15H15N3OS/c1-17-9-18-14(19)7-12(11-5-3-2-4-6-11)13(8-16)15(18)20-10-17/h2-6,12H,7,9-10H2,1H3. The van der Waals surface area contributed by atoms with E-state index < -0.39 is 0 Å². The second-order valence-corrected chi connectivity index (χ2v) is 6.02. The summed E-state index contributed by atoms with van der Waals surface area (Å²) in [5.74, 6) is 0.814. The second-order valence-electron chi connectivity index (χ2n) is 5.09. The molecule has 1 amide bonds. The van der Waals surface area contributed by atoms with Crippen LogP contribution in [0.1, 0.15) is 17.9 Å². The van der Waals surface area contributed by atoms with Crippen molar-refractivity contribution >= 4 is 17.7 Å². The molecule has 4 nitrogen and oxygen atoms in total. The Hall–Kier alpha value is -1.77. The topological polar surface area (TPSA) is 47.3 Å². The van der Waals surface area contributed by atoms with E-state index in [4.69, 9.17) is 0 Å². The van der Waals surface area contributed by atoms with Gasteiger partial charge < -0.3 is 0 Å². The minimum absolute atomic E-state index is 0.101. The first-order chi connectivity index (χ1) is 9.70. The predicted molar refractivity (Wildman–Crippen MR) is 78.4 cm³/mol. The van der Waals surface area contributed by atoms with E-state index in [0.29, 0.717) is 13.1 Å². The minimum atomic E-state index is -0.101. The summed E-state index contributed by atoms with van der Waals surface area (Å²) in [6.07, 6.45) is 0.380. The Kier molecular flexibility index (Phi) is 3.51. The molecule has 20 heavy (non-hydrogen) atoms. The van der Waals surface area contributed by atoms with Crippen molar-refractivity contribution in [3.8, 4) is 6.07 Å². The lowest BCUT2D eigenvalue weighted by Gasteiger charge is -2.40. The molecule has 3 rings (SSSR count). The van der Waals surface area contributed by atoms with Crippen LogP contribution in [0.2, 0.25) is 0 Å². The lowest BCUT2D eigenvalue weighted by atomic mass is 9.86. The Labute approximate surface area is 122 Å². The van der Waals surface area contributed by atoms with Crippen LogP contribution in [0.25, 0.3) is 0 Å². The monoisotopic (exact) mass is 285 g/mol. The number of nitriles is 1. The largest absolute Gasteiger partial charge is 0.292 e. The third kappa shape index (κ3) is 2.21. The molecule has 0 saturated carbocycles. The van der Waals surface area contributed by atoms with Crippen LogP contribution >= 0.6 is 11.8 Å². The van der Waals surface area contributed by atoms with Gasteiger partial charge in [0.2, 0.25) is 5.91 Å². The van der Waals surface area contributed by atoms with Gasteiger partial charge in [-0.05, 0) is 12.6 Å². The van der Waals surface area contributed by atoms with E-state index >= 15 is 0 Å². The van der Waals surface area contributed by atoms with Gasteiger partial charge in [-0.3, -0.25) is 14.6 Å². The van der Waals surface area contributed by atoms with E-state index in [9.17, 15) is 10.1 Å². The second kappa shape index (κ2) is 5.31. The summed E-state index contributed by atoms with van der Waals surface area (Å²) in [4.78, 5) is 16.2. The van der Waals surface area contributed by atoms with Crippen LogP contribution in [-0.4, -0.2) is 35.3 Å². The molecule has 0 aliphatic carbocycles. The van der Waals surface area contributed by atoms with Crippen molar-refractivity contribution in [3.05, 3.63) is 46.5 Å². The molecule has 0 aromatic heterocycles. The van der Waals surface area contributed by atoms with Gasteiger partial charge in [0.05, 0.1) is 29.2 Å². The summed E-state index contributed by atoms with van der Waals surface area (Å²) in [7, 11) is 1.98. The van der Waals surface area contributed by atoms with E-state index in [-0.39, 0.29) is 11.8 Å². The highest BCUT2D eigenvalue weighted by molar-refractivity contribution is 8.03. The summed E-state index contributed by atoms with van der Waals surface area (Å²) >= 11 is 1.58. The number of amides is 1. The number of carbonyl (C=O) groups is 1. The molecule has 1 fully saturated rings. The fourth-order valence-electron chi connectivity index (χ4n) is 2.64. The van der Waals surface area contributed by atoms with E-state index in [1.54, 1.807) is 16.7 Å². The van der Waals surface area contributed by atoms with Crippen molar-refractivity contribution in [2.24, 2.45) is 0 Å². The van der Waals surface area contributed by atoms with Crippen LogP contribution in [0.15, 0.2) is 40.9 Å². The molecule has 2 aliphatic rings. The Morgan fingerprint density at radius 1 is 1.35 bits per heavy atom. The molecule has 2 heterocycles. The molecule has 0 N–H and O–H groups in total. The Bertz CT molecular complexity index is 605. The van der Waals surface area contributed by atoms with Crippen molar-refractivity contribution in [1.82, 2.24) is 9.80 Å². The first-order valence-corrected chi connectivity index (χ1v) is 7.50. The highest BCUT2D eigenvalue weighted by Crippen LogP contribution is 2.41. The van der Waals surface area contributed by atoms with Crippen LogP contribution in [0, 0.1) is 11.3 Å². The molecule has 0 radical (unpaired) electrons. The van der Waals surface area contributed by atoms with Crippen molar-refractivity contribution < 1.29 is 4.79 Å². The van der Waals surface area contributed by atoms with Crippen LogP contribution < -0.4 is 0 Å². The number of fused-ring (bicyclic) bond motifs is 1. The molecular formula is C15H15N3OS. The van der Waals surface area contributed by atoms with Crippen molar-refractivity contribution in [3.63, 3.8) is 0 Å². The number of allylic oxidation sites excluding steroid dienone is 1. The maximum Gasteiger partial charge on any atom is 0.229 e. The van der Waals surface area contributed by atoms with Gasteiger partial charge in [-0.2, -0.15) is 5.26 Å². The molecule has 1 atom stereocenters. The van der Waals surface area contributed by atoms with Crippen LogP contribution in [-0.2, 0) is 4.79 Å². The van der Waals surface area contributed by atoms with E-state index in [2.05, 4.69) is 11.0 Å². The average molecular weight is 285 g/mol. The van der Waals surface area contributed by atoms with Gasteiger partial charge in [-0.25, -0.2) is 0 Å². The molecule has 1 aromatic rings. The highest BCUT2D eigenvalue weighted by Gasteiger charge is 2.37. The number of carbonyl (C=O) groups excluding carboxylic acids is 1. The normalized spacial score (nSPS) is 23.5. The number of rotatable bonds is 1. The molecule has 0 bridgehead atoms. The number of benzene rings is 1. The fraction of sp³-hybridized carbons (Fsp3) is 0.333. The zero-order valence-corrected chi connectivity index (χ0v) is 12.1. The summed E-state index contributed by atoms with van der Waals surface area (Å²) in [6, 6.07) is 12.2. The highest BCUT2D eigenvalue weighted by atomic mass is 32.2. The fourth-order valence-corrected chi connectivity index (χ4v) is 3.73. The molecule has 102 valence electrons. The molecule has 5 heteroatoms. The van der Waals surface area contributed by atoms with Gasteiger partial charge in [0.25, 0.3) is 0 Å². The van der Waals surface area contributed by atoms with Crippen molar-refractivity contribution in [2.45, 2.75) is 12.3 Å². The first kappa shape index (κ1) is 13.2. The van der Waals surface area contributed by atoms with Gasteiger partial charge >= 0.3 is 0 Å². The van der Waals surface area contributed by atoms with Crippen LogP contribution in [0.4, 0.5) is 0 Å². The summed E-state index contributed by atoms with van der Waals surface area (Å²) in [5.41, 5.74) is 1.78. The van der Waals surface area contributed by atoms with E-state index in [1.807, 2.05) is 37.4 Å². The van der Waals surface area contributed by atoms with Crippen molar-refractivity contribution in [2.75, 3.05) is 19.6 Å². The third-order valence-electron chi connectivity index (χ3n) is 3.63. The maximum absolute atomic E-state index is 12.4. The van der Waals surface area contributed by atoms with Crippen molar-refractivity contribution in [1.29, 1.82) is 5.26 Å². The Morgan fingerprint density at radius 3 is 2.80 bits per heavy atom. The minimum Gasteiger partial charge on any atom is -0.292 e. The molecule has 0 spiro atoms. The molecule has 1 aromatic carbocycles. The SMILES string of the molecule is CN1CSC2=C(C#N)C(c3ccccc3)CC(=O)N2C1. The number of nitrogens with zero attached hydrogens (tertiary/aromatic N) is 3. The Balaban J connectivity index is 2.04. The van der Waals surface area contributed by atoms with Crippen LogP contribution in [0.3, 0.4) is 0 Å². The smallest absolute Gasteiger partial charge is 0.229 e. The first-order valence-electron chi connectivity index (χ1n) is 6.51. The molecular weight excluding hydrogens is 270 g/mol. The maximum atomic E-state index is 12.4. The lowest BCUT2D eigenvalue weighted by Crippen LogP contribution is -2.45. The zero-order valence-electron chi connectivity index (χ0n) is 11.2. The number of thioether (sulfide) groups is 1. The summed E-state index contributed by atoms with van der Waals surface area (Å²) < 4.78 is 0. The van der Waals surface area contributed by atoms with Gasteiger partial charge in [0.15, 0.2) is 0 Å². The zero-order chi connectivity index (χ0) is 14.1. The number of hydrogen-bond donors (Lipinski definition) is 0. The number of hydrogen-bond acceptors (Lipinski definition) is 4. The summed E-state index contributed by atoms with van der Waals surface area (Å²) in [5, 5.41) is 10.4. The van der Waals surface area contributed by atoms with E-state index in [0.717, 1.165) is 22.0 Å². The lowest BCUT2D eigenvalue weighted by molar-refractivity contribution is -0.131. The molecule has 1 unspecified atom stereocenters. The molecule has 2 aliphatic heterocycles.